The summed E-state index contributed by atoms with van der Waals surface area (Å²) in [4.78, 5) is 44.6. The van der Waals surface area contributed by atoms with Crippen molar-refractivity contribution in [3.63, 3.8) is 0 Å². The molecule has 1 N–H and O–H groups in total. The van der Waals surface area contributed by atoms with Crippen molar-refractivity contribution in [2.75, 3.05) is 11.5 Å². The van der Waals surface area contributed by atoms with Crippen LogP contribution in [0.2, 0.25) is 0 Å². The number of hydrogen-bond donors (Lipinski definition) is 1. The zero-order valence-electron chi connectivity index (χ0n) is 17.2. The van der Waals surface area contributed by atoms with Crippen molar-refractivity contribution in [1.29, 1.82) is 0 Å². The van der Waals surface area contributed by atoms with Crippen molar-refractivity contribution in [2.45, 2.75) is 19.4 Å². The molecule has 1 aromatic carbocycles. The van der Waals surface area contributed by atoms with Gasteiger partial charge < -0.3 is 9.84 Å². The maximum Gasteiger partial charge on any atom is 0.338 e. The van der Waals surface area contributed by atoms with Crippen LogP contribution in [-0.2, 0) is 9.53 Å². The number of ketones is 1. The molecule has 0 spiro atoms. The molecule has 1 aliphatic rings. The lowest BCUT2D eigenvalue weighted by Crippen LogP contribution is -2.31. The Hall–Kier alpha value is -3.78. The van der Waals surface area contributed by atoms with Crippen LogP contribution >= 0.6 is 11.3 Å². The SMILES string of the molecule is CCCOC(=O)c1cccc(N2C(=O)C(O)=C(C(=O)c3cccs3)C2c2cccnc2)c1. The lowest BCUT2D eigenvalue weighted by atomic mass is 9.96. The number of nitrogens with zero attached hydrogens (tertiary/aromatic N) is 2. The fourth-order valence-corrected chi connectivity index (χ4v) is 4.24. The van der Waals surface area contributed by atoms with E-state index in [4.69, 9.17) is 4.74 Å². The Kier molecular flexibility index (Phi) is 6.13. The molecule has 162 valence electrons. The summed E-state index contributed by atoms with van der Waals surface area (Å²) >= 11 is 1.23. The van der Waals surface area contributed by atoms with Crippen molar-refractivity contribution in [3.05, 3.63) is 93.6 Å². The Morgan fingerprint density at radius 1 is 1.19 bits per heavy atom. The van der Waals surface area contributed by atoms with E-state index >= 15 is 0 Å². The van der Waals surface area contributed by atoms with Crippen LogP contribution in [0.5, 0.6) is 0 Å². The van der Waals surface area contributed by atoms with E-state index in [0.29, 0.717) is 22.5 Å². The van der Waals surface area contributed by atoms with Crippen molar-refractivity contribution in [1.82, 2.24) is 4.98 Å². The van der Waals surface area contributed by atoms with Gasteiger partial charge in [-0.1, -0.05) is 25.1 Å². The average Bonchev–Trinajstić information content (AvgIpc) is 3.45. The summed E-state index contributed by atoms with van der Waals surface area (Å²) in [7, 11) is 0. The molecule has 1 unspecified atom stereocenters. The minimum absolute atomic E-state index is 0.0237. The molecule has 0 saturated carbocycles. The van der Waals surface area contributed by atoms with E-state index in [1.807, 2.05) is 6.92 Å². The van der Waals surface area contributed by atoms with Crippen LogP contribution < -0.4 is 4.90 Å². The first-order chi connectivity index (χ1) is 15.5. The number of rotatable bonds is 7. The van der Waals surface area contributed by atoms with Gasteiger partial charge in [0.15, 0.2) is 5.76 Å². The molecule has 3 heterocycles. The van der Waals surface area contributed by atoms with Gasteiger partial charge in [0.25, 0.3) is 5.91 Å². The van der Waals surface area contributed by atoms with Gasteiger partial charge >= 0.3 is 5.97 Å². The van der Waals surface area contributed by atoms with Crippen LogP contribution in [0.25, 0.3) is 0 Å². The van der Waals surface area contributed by atoms with Crippen LogP contribution in [0.1, 0.15) is 45.0 Å². The second kappa shape index (κ2) is 9.15. The van der Waals surface area contributed by atoms with Crippen LogP contribution in [0, 0.1) is 0 Å². The van der Waals surface area contributed by atoms with Gasteiger partial charge in [-0.05, 0) is 47.7 Å². The number of benzene rings is 1. The topological polar surface area (TPSA) is 96.8 Å². The largest absolute Gasteiger partial charge is 0.503 e. The van der Waals surface area contributed by atoms with Gasteiger partial charge in [0.1, 0.15) is 0 Å². The summed E-state index contributed by atoms with van der Waals surface area (Å²) in [6.07, 6.45) is 3.81. The van der Waals surface area contributed by atoms with Gasteiger partial charge in [0, 0.05) is 18.1 Å². The molecule has 1 atom stereocenters. The van der Waals surface area contributed by atoms with E-state index in [-0.39, 0.29) is 17.7 Å². The monoisotopic (exact) mass is 448 g/mol. The minimum atomic E-state index is -0.896. The molecular weight excluding hydrogens is 428 g/mol. The Morgan fingerprint density at radius 3 is 2.72 bits per heavy atom. The Labute approximate surface area is 188 Å². The van der Waals surface area contributed by atoms with Crippen LogP contribution in [0.15, 0.2) is 77.6 Å². The standard InChI is InChI=1S/C24H20N2O5S/c1-2-11-31-24(30)15-6-3-8-17(13-15)26-20(16-7-4-10-25-14-16)19(22(28)23(26)29)21(27)18-9-5-12-32-18/h3-10,12-14,20,28H,2,11H2,1H3. The molecule has 0 radical (unpaired) electrons. The number of anilines is 1. The van der Waals surface area contributed by atoms with E-state index < -0.39 is 29.5 Å². The van der Waals surface area contributed by atoms with E-state index in [1.165, 1.54) is 22.3 Å². The number of aliphatic hydroxyl groups is 1. The number of aromatic nitrogens is 1. The van der Waals surface area contributed by atoms with Crippen LogP contribution in [0.4, 0.5) is 5.69 Å². The smallest absolute Gasteiger partial charge is 0.338 e. The van der Waals surface area contributed by atoms with Crippen LogP contribution in [-0.4, -0.2) is 34.4 Å². The van der Waals surface area contributed by atoms with Crippen molar-refractivity contribution >= 4 is 34.7 Å². The van der Waals surface area contributed by atoms with Gasteiger partial charge in [-0.25, -0.2) is 4.79 Å². The minimum Gasteiger partial charge on any atom is -0.503 e. The van der Waals surface area contributed by atoms with Gasteiger partial charge in [-0.3, -0.25) is 19.5 Å². The second-order valence-electron chi connectivity index (χ2n) is 7.12. The molecule has 0 bridgehead atoms. The predicted octanol–water partition coefficient (Wildman–Crippen LogP) is 4.49. The first-order valence-electron chi connectivity index (χ1n) is 10.0. The maximum atomic E-state index is 13.2. The molecular formula is C24H20N2O5S. The summed E-state index contributed by atoms with van der Waals surface area (Å²) in [5.74, 6) is -2.28. The lowest BCUT2D eigenvalue weighted by Gasteiger charge is -2.26. The highest BCUT2D eigenvalue weighted by Gasteiger charge is 2.45. The highest BCUT2D eigenvalue weighted by Crippen LogP contribution is 2.42. The third-order valence-corrected chi connectivity index (χ3v) is 5.86. The molecule has 2 aromatic heterocycles. The van der Waals surface area contributed by atoms with Gasteiger partial charge in [-0.2, -0.15) is 0 Å². The van der Waals surface area contributed by atoms with Gasteiger partial charge in [-0.15, -0.1) is 11.3 Å². The predicted molar refractivity (Wildman–Crippen MR) is 120 cm³/mol. The highest BCUT2D eigenvalue weighted by atomic mass is 32.1. The van der Waals surface area contributed by atoms with E-state index in [1.54, 1.807) is 60.2 Å². The molecule has 3 aromatic rings. The molecule has 7 nitrogen and oxygen atoms in total. The Morgan fingerprint density at radius 2 is 2.03 bits per heavy atom. The highest BCUT2D eigenvalue weighted by molar-refractivity contribution is 7.12. The number of pyridine rings is 1. The second-order valence-corrected chi connectivity index (χ2v) is 8.07. The summed E-state index contributed by atoms with van der Waals surface area (Å²) in [5, 5.41) is 12.5. The first-order valence-corrected chi connectivity index (χ1v) is 10.9. The summed E-state index contributed by atoms with van der Waals surface area (Å²) in [6.45, 7) is 2.18. The molecule has 0 fully saturated rings. The molecule has 0 aliphatic carbocycles. The molecule has 0 saturated heterocycles. The number of esters is 1. The number of Topliss-reactive ketones (excluding diaryl/α,β-unsaturated/α-hetero) is 1. The number of carbonyl (C=O) groups is 3. The van der Waals surface area contributed by atoms with Gasteiger partial charge in [0.05, 0.1) is 28.7 Å². The maximum absolute atomic E-state index is 13.2. The Bertz CT molecular complexity index is 1190. The summed E-state index contributed by atoms with van der Waals surface area (Å²) in [6, 6.07) is 12.3. The fourth-order valence-electron chi connectivity index (χ4n) is 3.56. The number of amides is 1. The first kappa shape index (κ1) is 21.5. The van der Waals surface area contributed by atoms with Gasteiger partial charge in [0.2, 0.25) is 5.78 Å². The summed E-state index contributed by atoms with van der Waals surface area (Å²) < 4.78 is 5.20. The zero-order valence-corrected chi connectivity index (χ0v) is 18.0. The van der Waals surface area contributed by atoms with Crippen molar-refractivity contribution in [2.24, 2.45) is 0 Å². The number of ether oxygens (including phenoxy) is 1. The van der Waals surface area contributed by atoms with E-state index in [0.717, 1.165) is 0 Å². The third kappa shape index (κ3) is 3.92. The normalized spacial score (nSPS) is 15.8. The third-order valence-electron chi connectivity index (χ3n) is 5.00. The molecule has 1 amide bonds. The van der Waals surface area contributed by atoms with E-state index in [9.17, 15) is 19.5 Å². The number of aliphatic hydroxyl groups excluding tert-OH is 1. The zero-order chi connectivity index (χ0) is 22.7. The molecule has 4 rings (SSSR count). The molecule has 1 aliphatic heterocycles. The molecule has 8 heteroatoms. The number of hydrogen-bond acceptors (Lipinski definition) is 7. The Balaban J connectivity index is 1.80. The van der Waals surface area contributed by atoms with E-state index in [2.05, 4.69) is 4.98 Å². The molecule has 32 heavy (non-hydrogen) atoms. The number of thiophene rings is 1. The van der Waals surface area contributed by atoms with Crippen LogP contribution in [0.3, 0.4) is 0 Å². The fraction of sp³-hybridized carbons (Fsp3) is 0.167. The lowest BCUT2D eigenvalue weighted by molar-refractivity contribution is -0.117. The van der Waals surface area contributed by atoms with Crippen molar-refractivity contribution < 1.29 is 24.2 Å². The summed E-state index contributed by atoms with van der Waals surface area (Å²) in [5.41, 5.74) is 1.16. The quantitative estimate of drug-likeness (QED) is 0.422. The number of carbonyl (C=O) groups excluding carboxylic acids is 3. The average molecular weight is 449 g/mol. The van der Waals surface area contributed by atoms with Crippen molar-refractivity contribution in [3.8, 4) is 0 Å².